The van der Waals surface area contributed by atoms with Crippen molar-refractivity contribution in [2.24, 2.45) is 0 Å². The van der Waals surface area contributed by atoms with Crippen molar-refractivity contribution in [2.45, 2.75) is 26.2 Å². The number of hydrogen-bond donors (Lipinski definition) is 0. The van der Waals surface area contributed by atoms with Crippen LogP contribution in [0, 0.1) is 0 Å². The Morgan fingerprint density at radius 3 is 3.21 bits per heavy atom. The number of nitrogens with zero attached hydrogens (tertiary/aromatic N) is 2. The fourth-order valence-electron chi connectivity index (χ4n) is 1.97. The van der Waals surface area contributed by atoms with Crippen LogP contribution in [0.5, 0.6) is 0 Å². The van der Waals surface area contributed by atoms with Crippen LogP contribution in [0.4, 0.5) is 0 Å². The number of aromatic nitrogens is 2. The van der Waals surface area contributed by atoms with E-state index in [0.717, 1.165) is 11.4 Å². The van der Waals surface area contributed by atoms with Crippen molar-refractivity contribution in [3.63, 3.8) is 0 Å². The maximum atomic E-state index is 11.1. The van der Waals surface area contributed by atoms with Crippen molar-refractivity contribution in [1.82, 2.24) is 9.38 Å². The van der Waals surface area contributed by atoms with Gasteiger partial charge in [-0.25, -0.2) is 4.98 Å². The molecular formula is C10H10N2OS. The van der Waals surface area contributed by atoms with E-state index in [4.69, 9.17) is 0 Å². The van der Waals surface area contributed by atoms with Crippen LogP contribution >= 0.6 is 11.3 Å². The third kappa shape index (κ3) is 0.973. The third-order valence-corrected chi connectivity index (χ3v) is 3.84. The van der Waals surface area contributed by atoms with Gasteiger partial charge in [-0.2, -0.15) is 0 Å². The smallest absolute Gasteiger partial charge is 0.194 e. The zero-order valence-corrected chi connectivity index (χ0v) is 8.73. The Morgan fingerprint density at radius 2 is 2.43 bits per heavy atom. The Labute approximate surface area is 85.4 Å². The van der Waals surface area contributed by atoms with Crippen LogP contribution < -0.4 is 0 Å². The van der Waals surface area contributed by atoms with Gasteiger partial charge < -0.3 is 0 Å². The second-order valence-electron chi connectivity index (χ2n) is 3.66. The molecule has 0 atom stereocenters. The molecule has 1 aliphatic rings. The van der Waals surface area contributed by atoms with Crippen molar-refractivity contribution in [3.05, 3.63) is 22.5 Å². The summed E-state index contributed by atoms with van der Waals surface area (Å²) in [6, 6.07) is 0. The minimum absolute atomic E-state index is 0.0487. The summed E-state index contributed by atoms with van der Waals surface area (Å²) in [6.45, 7) is 1.56. The molecule has 0 N–H and O–H groups in total. The summed E-state index contributed by atoms with van der Waals surface area (Å²) in [5.41, 5.74) is 1.95. The highest BCUT2D eigenvalue weighted by Crippen LogP contribution is 2.30. The summed E-state index contributed by atoms with van der Waals surface area (Å²) in [7, 11) is 0. The molecule has 14 heavy (non-hydrogen) atoms. The quantitative estimate of drug-likeness (QED) is 0.669. The molecule has 2 aromatic heterocycles. The topological polar surface area (TPSA) is 34.4 Å². The first-order valence-electron chi connectivity index (χ1n) is 4.76. The highest BCUT2D eigenvalue weighted by molar-refractivity contribution is 7.17. The lowest BCUT2D eigenvalue weighted by molar-refractivity contribution is 0.101. The SMILES string of the molecule is CC(=O)c1cn2c3c(sc2n1)CCC3. The predicted molar refractivity (Wildman–Crippen MR) is 55.1 cm³/mol. The number of ketones is 1. The highest BCUT2D eigenvalue weighted by atomic mass is 32.1. The van der Waals surface area contributed by atoms with Gasteiger partial charge in [0, 0.05) is 23.7 Å². The molecule has 0 bridgehead atoms. The monoisotopic (exact) mass is 206 g/mol. The first kappa shape index (κ1) is 8.17. The van der Waals surface area contributed by atoms with Crippen LogP contribution in [0.2, 0.25) is 0 Å². The number of aryl methyl sites for hydroxylation is 2. The normalized spacial score (nSPS) is 14.9. The number of thiazole rings is 1. The van der Waals surface area contributed by atoms with Crippen LogP contribution in [0.15, 0.2) is 6.20 Å². The van der Waals surface area contributed by atoms with E-state index in [-0.39, 0.29) is 5.78 Å². The number of Topliss-reactive ketones (excluding diaryl/α,β-unsaturated/α-hetero) is 1. The lowest BCUT2D eigenvalue weighted by Gasteiger charge is -1.89. The number of rotatable bonds is 1. The van der Waals surface area contributed by atoms with Gasteiger partial charge in [-0.15, -0.1) is 11.3 Å². The molecule has 2 aromatic rings. The maximum Gasteiger partial charge on any atom is 0.194 e. The minimum Gasteiger partial charge on any atom is -0.294 e. The molecule has 0 spiro atoms. The first-order valence-corrected chi connectivity index (χ1v) is 5.58. The average Bonchev–Trinajstić information content (AvgIpc) is 2.70. The van der Waals surface area contributed by atoms with Crippen molar-refractivity contribution < 1.29 is 4.79 Å². The molecule has 0 fully saturated rings. The number of fused-ring (bicyclic) bond motifs is 3. The highest BCUT2D eigenvalue weighted by Gasteiger charge is 2.19. The summed E-state index contributed by atoms with van der Waals surface area (Å²) < 4.78 is 2.09. The standard InChI is InChI=1S/C10H10N2OS/c1-6(13)7-5-12-8-3-2-4-9(8)14-10(12)11-7/h5H,2-4H2,1H3. The van der Waals surface area contributed by atoms with Gasteiger partial charge in [0.05, 0.1) is 0 Å². The van der Waals surface area contributed by atoms with E-state index in [1.807, 2.05) is 6.20 Å². The lowest BCUT2D eigenvalue weighted by Crippen LogP contribution is -1.91. The Hall–Kier alpha value is -1.16. The number of imidazole rings is 1. The van der Waals surface area contributed by atoms with Crippen molar-refractivity contribution >= 4 is 22.1 Å². The Bertz CT molecular complexity index is 523. The maximum absolute atomic E-state index is 11.1. The summed E-state index contributed by atoms with van der Waals surface area (Å²) in [4.78, 5) is 17.9. The van der Waals surface area contributed by atoms with Gasteiger partial charge in [0.25, 0.3) is 0 Å². The van der Waals surface area contributed by atoms with E-state index >= 15 is 0 Å². The second-order valence-corrected chi connectivity index (χ2v) is 4.72. The fraction of sp³-hybridized carbons (Fsp3) is 0.400. The van der Waals surface area contributed by atoms with Crippen LogP contribution in [-0.4, -0.2) is 15.2 Å². The fourth-order valence-corrected chi connectivity index (χ4v) is 3.16. The summed E-state index contributed by atoms with van der Waals surface area (Å²) in [5.74, 6) is 0.0487. The van der Waals surface area contributed by atoms with Gasteiger partial charge in [-0.3, -0.25) is 9.20 Å². The second kappa shape index (κ2) is 2.67. The summed E-state index contributed by atoms with van der Waals surface area (Å²) in [5, 5.41) is 0. The molecule has 1 aliphatic carbocycles. The van der Waals surface area contributed by atoms with E-state index in [0.29, 0.717) is 5.69 Å². The average molecular weight is 206 g/mol. The Balaban J connectivity index is 2.26. The van der Waals surface area contributed by atoms with Gasteiger partial charge >= 0.3 is 0 Å². The number of hydrogen-bond acceptors (Lipinski definition) is 3. The number of carbonyl (C=O) groups excluding carboxylic acids is 1. The van der Waals surface area contributed by atoms with Crippen molar-refractivity contribution in [3.8, 4) is 0 Å². The molecule has 0 aliphatic heterocycles. The zero-order chi connectivity index (χ0) is 9.71. The van der Waals surface area contributed by atoms with E-state index < -0.39 is 0 Å². The van der Waals surface area contributed by atoms with E-state index in [9.17, 15) is 4.79 Å². The number of carbonyl (C=O) groups is 1. The van der Waals surface area contributed by atoms with Crippen LogP contribution in [0.3, 0.4) is 0 Å². The molecule has 0 unspecified atom stereocenters. The molecule has 0 saturated carbocycles. The molecule has 0 saturated heterocycles. The zero-order valence-electron chi connectivity index (χ0n) is 7.91. The lowest BCUT2D eigenvalue weighted by atomic mass is 10.3. The first-order chi connectivity index (χ1) is 6.75. The van der Waals surface area contributed by atoms with Gasteiger partial charge in [0.2, 0.25) is 0 Å². The Morgan fingerprint density at radius 1 is 1.57 bits per heavy atom. The minimum atomic E-state index is 0.0487. The van der Waals surface area contributed by atoms with Crippen LogP contribution in [0.1, 0.15) is 34.4 Å². The predicted octanol–water partition coefficient (Wildman–Crippen LogP) is 2.09. The molecule has 4 heteroatoms. The summed E-state index contributed by atoms with van der Waals surface area (Å²) >= 11 is 1.72. The van der Waals surface area contributed by atoms with Crippen LogP contribution in [0.25, 0.3) is 4.96 Å². The van der Waals surface area contributed by atoms with E-state index in [1.54, 1.807) is 18.3 Å². The van der Waals surface area contributed by atoms with Crippen molar-refractivity contribution in [1.29, 1.82) is 0 Å². The van der Waals surface area contributed by atoms with Gasteiger partial charge in [0.1, 0.15) is 5.69 Å². The molecule has 0 aromatic carbocycles. The molecule has 72 valence electrons. The molecule has 3 rings (SSSR count). The molecule has 2 heterocycles. The Kier molecular flexibility index (Phi) is 1.56. The van der Waals surface area contributed by atoms with E-state index in [2.05, 4.69) is 9.38 Å². The van der Waals surface area contributed by atoms with Gasteiger partial charge in [-0.1, -0.05) is 0 Å². The molecule has 0 amide bonds. The molecular weight excluding hydrogens is 196 g/mol. The van der Waals surface area contributed by atoms with Gasteiger partial charge in [-0.05, 0) is 19.3 Å². The van der Waals surface area contributed by atoms with Gasteiger partial charge in [0.15, 0.2) is 10.7 Å². The molecule has 3 nitrogen and oxygen atoms in total. The molecule has 0 radical (unpaired) electrons. The van der Waals surface area contributed by atoms with E-state index in [1.165, 1.54) is 23.4 Å². The van der Waals surface area contributed by atoms with Crippen molar-refractivity contribution in [2.75, 3.05) is 0 Å². The third-order valence-electron chi connectivity index (χ3n) is 2.68. The largest absolute Gasteiger partial charge is 0.294 e. The van der Waals surface area contributed by atoms with Crippen LogP contribution in [-0.2, 0) is 12.8 Å². The summed E-state index contributed by atoms with van der Waals surface area (Å²) in [6.07, 6.45) is 5.42.